The van der Waals surface area contributed by atoms with Crippen LogP contribution in [0.1, 0.15) is 25.7 Å². The molecule has 0 saturated carbocycles. The highest BCUT2D eigenvalue weighted by molar-refractivity contribution is 5.89. The van der Waals surface area contributed by atoms with Crippen LogP contribution < -0.4 is 19.5 Å². The van der Waals surface area contributed by atoms with E-state index >= 15 is 0 Å². The van der Waals surface area contributed by atoms with Crippen LogP contribution in [0.4, 0.5) is 14.9 Å². The van der Waals surface area contributed by atoms with Crippen LogP contribution in [0.5, 0.6) is 17.2 Å². The van der Waals surface area contributed by atoms with Gasteiger partial charge < -0.3 is 24.4 Å². The summed E-state index contributed by atoms with van der Waals surface area (Å²) in [6.07, 6.45) is 3.73. The molecule has 0 aromatic heterocycles. The number of hydrogen-bond donors (Lipinski definition) is 1. The minimum absolute atomic E-state index is 0.0516. The lowest BCUT2D eigenvalue weighted by Gasteiger charge is -2.41. The second-order valence-corrected chi connectivity index (χ2v) is 8.50. The van der Waals surface area contributed by atoms with Crippen molar-refractivity contribution in [1.82, 2.24) is 9.80 Å². The second-order valence-electron chi connectivity index (χ2n) is 8.50. The summed E-state index contributed by atoms with van der Waals surface area (Å²) >= 11 is 0. The summed E-state index contributed by atoms with van der Waals surface area (Å²) in [5, 5.41) is 2.96. The molecule has 2 saturated heterocycles. The first-order valence-electron chi connectivity index (χ1n) is 11.3. The first-order chi connectivity index (χ1) is 15.7. The Hall–Kier alpha value is -3.00. The molecule has 32 heavy (non-hydrogen) atoms. The van der Waals surface area contributed by atoms with Gasteiger partial charge >= 0.3 is 6.03 Å². The molecule has 5 rings (SSSR count). The number of fused-ring (bicyclic) bond motifs is 1. The number of amides is 2. The van der Waals surface area contributed by atoms with E-state index < -0.39 is 0 Å². The maximum absolute atomic E-state index is 13.8. The van der Waals surface area contributed by atoms with Crippen molar-refractivity contribution in [1.29, 1.82) is 0 Å². The molecular weight excluding hydrogens is 413 g/mol. The number of halogens is 1. The van der Waals surface area contributed by atoms with Gasteiger partial charge in [-0.15, -0.1) is 0 Å². The molecule has 170 valence electrons. The van der Waals surface area contributed by atoms with E-state index in [2.05, 4.69) is 10.2 Å². The minimum atomic E-state index is -0.304. The van der Waals surface area contributed by atoms with Crippen molar-refractivity contribution in [3.05, 3.63) is 48.3 Å². The number of rotatable bonds is 4. The van der Waals surface area contributed by atoms with Gasteiger partial charge in [-0.3, -0.25) is 4.90 Å². The van der Waals surface area contributed by atoms with Gasteiger partial charge in [0.25, 0.3) is 0 Å². The number of nitrogens with zero attached hydrogens (tertiary/aromatic N) is 2. The number of likely N-dealkylation sites (tertiary alicyclic amines) is 2. The molecule has 0 radical (unpaired) electrons. The van der Waals surface area contributed by atoms with Gasteiger partial charge in [0.2, 0.25) is 6.79 Å². The van der Waals surface area contributed by atoms with E-state index in [0.29, 0.717) is 29.0 Å². The normalized spacial score (nSPS) is 19.7. The van der Waals surface area contributed by atoms with Crippen molar-refractivity contribution < 1.29 is 23.4 Å². The fourth-order valence-corrected chi connectivity index (χ4v) is 4.69. The highest BCUT2D eigenvalue weighted by atomic mass is 19.1. The van der Waals surface area contributed by atoms with Crippen molar-refractivity contribution in [2.75, 3.05) is 38.3 Å². The first-order valence-corrected chi connectivity index (χ1v) is 11.3. The Morgan fingerprint density at radius 3 is 2.50 bits per heavy atom. The summed E-state index contributed by atoms with van der Waals surface area (Å²) in [6, 6.07) is 12.4. The number of anilines is 1. The first kappa shape index (κ1) is 20.9. The Kier molecular flexibility index (Phi) is 6.03. The third-order valence-electron chi connectivity index (χ3n) is 6.50. The van der Waals surface area contributed by atoms with Crippen LogP contribution in [0.15, 0.2) is 42.5 Å². The molecule has 3 aliphatic rings. The number of carbonyl (C=O) groups is 1. The Morgan fingerprint density at radius 2 is 1.72 bits per heavy atom. The van der Waals surface area contributed by atoms with E-state index in [1.54, 1.807) is 24.3 Å². The minimum Gasteiger partial charge on any atom is -0.487 e. The lowest BCUT2D eigenvalue weighted by molar-refractivity contribution is 0.0529. The predicted octanol–water partition coefficient (Wildman–Crippen LogP) is 4.09. The van der Waals surface area contributed by atoms with Crippen LogP contribution >= 0.6 is 0 Å². The number of ether oxygens (including phenoxy) is 3. The molecule has 7 nitrogen and oxygen atoms in total. The summed E-state index contributed by atoms with van der Waals surface area (Å²) in [5.41, 5.74) is 0.707. The van der Waals surface area contributed by atoms with Crippen molar-refractivity contribution >= 4 is 11.7 Å². The zero-order chi connectivity index (χ0) is 21.9. The third-order valence-corrected chi connectivity index (χ3v) is 6.50. The molecule has 8 heteroatoms. The van der Waals surface area contributed by atoms with Crippen LogP contribution in [-0.2, 0) is 0 Å². The Balaban J connectivity index is 1.07. The summed E-state index contributed by atoms with van der Waals surface area (Å²) < 4.78 is 30.4. The topological polar surface area (TPSA) is 63.3 Å². The summed E-state index contributed by atoms with van der Waals surface area (Å²) in [5.74, 6) is 1.39. The quantitative estimate of drug-likeness (QED) is 0.774. The van der Waals surface area contributed by atoms with Crippen LogP contribution in [-0.4, -0.2) is 60.9 Å². The van der Waals surface area contributed by atoms with Crippen molar-refractivity contribution in [3.63, 3.8) is 0 Å². The van der Waals surface area contributed by atoms with Gasteiger partial charge in [-0.1, -0.05) is 12.1 Å². The molecule has 2 aromatic rings. The SMILES string of the molecule is O=C(Nc1ccc2c(c1)OCO2)N1CCC(N2CCC(Oc3ccccc3F)CC2)CC1. The van der Waals surface area contributed by atoms with Gasteiger partial charge in [0.1, 0.15) is 6.10 Å². The van der Waals surface area contributed by atoms with E-state index in [1.165, 1.54) is 6.07 Å². The van der Waals surface area contributed by atoms with Gasteiger partial charge in [0, 0.05) is 44.0 Å². The lowest BCUT2D eigenvalue weighted by atomic mass is 9.99. The van der Waals surface area contributed by atoms with Crippen LogP contribution in [0.2, 0.25) is 0 Å². The number of nitrogens with one attached hydrogen (secondary N) is 1. The van der Waals surface area contributed by atoms with E-state index in [1.807, 2.05) is 17.0 Å². The van der Waals surface area contributed by atoms with E-state index in [4.69, 9.17) is 14.2 Å². The fraction of sp³-hybridized carbons (Fsp3) is 0.458. The zero-order valence-corrected chi connectivity index (χ0v) is 18.0. The highest BCUT2D eigenvalue weighted by Gasteiger charge is 2.30. The molecule has 2 fully saturated rings. The molecule has 0 spiro atoms. The molecule has 3 heterocycles. The van der Waals surface area contributed by atoms with Gasteiger partial charge in [0.15, 0.2) is 23.1 Å². The average Bonchev–Trinajstić information content (AvgIpc) is 3.29. The van der Waals surface area contributed by atoms with Crippen molar-refractivity contribution in [3.8, 4) is 17.2 Å². The summed E-state index contributed by atoms with van der Waals surface area (Å²) in [7, 11) is 0. The van der Waals surface area contributed by atoms with E-state index in [0.717, 1.165) is 51.9 Å². The van der Waals surface area contributed by atoms with Crippen molar-refractivity contribution in [2.24, 2.45) is 0 Å². The zero-order valence-electron chi connectivity index (χ0n) is 18.0. The van der Waals surface area contributed by atoms with Gasteiger partial charge in [0.05, 0.1) is 0 Å². The molecule has 0 unspecified atom stereocenters. The molecule has 2 amide bonds. The highest BCUT2D eigenvalue weighted by Crippen LogP contribution is 2.34. The standard InChI is InChI=1S/C24H28FN3O4/c25-20-3-1-2-4-21(20)32-19-9-13-27(14-10-19)18-7-11-28(12-8-18)24(29)26-17-5-6-22-23(15-17)31-16-30-22/h1-6,15,18-19H,7-14,16H2,(H,26,29). The number of piperidine rings is 2. The molecular formula is C24H28FN3O4. The fourth-order valence-electron chi connectivity index (χ4n) is 4.69. The molecule has 2 aromatic carbocycles. The molecule has 0 aliphatic carbocycles. The Morgan fingerprint density at radius 1 is 0.969 bits per heavy atom. The molecule has 1 N–H and O–H groups in total. The maximum atomic E-state index is 13.8. The largest absolute Gasteiger partial charge is 0.487 e. The van der Waals surface area contributed by atoms with Crippen LogP contribution in [0.25, 0.3) is 0 Å². The smallest absolute Gasteiger partial charge is 0.321 e. The Labute approximate surface area is 187 Å². The number of para-hydroxylation sites is 1. The lowest BCUT2D eigenvalue weighted by Crippen LogP contribution is -2.50. The second kappa shape index (κ2) is 9.24. The van der Waals surface area contributed by atoms with Gasteiger partial charge in [-0.2, -0.15) is 0 Å². The average molecular weight is 442 g/mol. The van der Waals surface area contributed by atoms with E-state index in [9.17, 15) is 9.18 Å². The summed E-state index contributed by atoms with van der Waals surface area (Å²) in [4.78, 5) is 17.0. The Bertz CT molecular complexity index is 956. The van der Waals surface area contributed by atoms with Gasteiger partial charge in [-0.05, 0) is 49.9 Å². The molecule has 0 bridgehead atoms. The van der Waals surface area contributed by atoms with Crippen molar-refractivity contribution in [2.45, 2.75) is 37.8 Å². The number of hydrogen-bond acceptors (Lipinski definition) is 5. The maximum Gasteiger partial charge on any atom is 0.321 e. The summed E-state index contributed by atoms with van der Waals surface area (Å²) in [6.45, 7) is 3.55. The number of benzene rings is 2. The van der Waals surface area contributed by atoms with E-state index in [-0.39, 0.29) is 24.7 Å². The number of carbonyl (C=O) groups excluding carboxylic acids is 1. The van der Waals surface area contributed by atoms with Gasteiger partial charge in [-0.25, -0.2) is 9.18 Å². The molecule has 0 atom stereocenters. The number of urea groups is 1. The monoisotopic (exact) mass is 441 g/mol. The molecule has 3 aliphatic heterocycles. The third kappa shape index (κ3) is 4.60. The van der Waals surface area contributed by atoms with Crippen LogP contribution in [0, 0.1) is 5.82 Å². The predicted molar refractivity (Wildman–Crippen MR) is 118 cm³/mol. The van der Waals surface area contributed by atoms with Crippen LogP contribution in [0.3, 0.4) is 0 Å².